The predicted molar refractivity (Wildman–Crippen MR) is 125 cm³/mol. The minimum absolute atomic E-state index is 0.00485. The molecule has 0 saturated carbocycles. The Bertz CT molecular complexity index is 1400. The van der Waals surface area contributed by atoms with Gasteiger partial charge in [-0.1, -0.05) is 29.3 Å². The van der Waals surface area contributed by atoms with E-state index in [1.807, 2.05) is 43.1 Å². The number of benzene rings is 2. The Morgan fingerprint density at radius 2 is 1.61 bits per heavy atom. The van der Waals surface area contributed by atoms with E-state index in [2.05, 4.69) is 4.72 Å². The quantitative estimate of drug-likeness (QED) is 0.440. The Hall–Kier alpha value is -3.23. The van der Waals surface area contributed by atoms with Gasteiger partial charge in [-0.05, 0) is 51.1 Å². The molecule has 2 heterocycles. The number of carbonyl (C=O) groups is 2. The monoisotopic (exact) mass is 484 g/mol. The van der Waals surface area contributed by atoms with Gasteiger partial charge in [-0.3, -0.25) is 19.2 Å². The second-order valence-electron chi connectivity index (χ2n) is 8.53. The number of aromatic nitrogens is 1. The minimum Gasteiger partial charge on any atom is -0.279 e. The van der Waals surface area contributed by atoms with Crippen LogP contribution in [0.25, 0.3) is 0 Å². The Kier molecular flexibility index (Phi) is 5.54. The lowest BCUT2D eigenvalue weighted by Crippen LogP contribution is -2.46. The normalized spacial score (nSPS) is 13.9. The van der Waals surface area contributed by atoms with Gasteiger partial charge in [0.15, 0.2) is 12.4 Å². The molecule has 9 heteroatoms. The fourth-order valence-electron chi connectivity index (χ4n) is 3.92. The second-order valence-corrected chi connectivity index (χ2v) is 10.6. The summed E-state index contributed by atoms with van der Waals surface area (Å²) in [6.07, 6.45) is 3.67. The van der Waals surface area contributed by atoms with E-state index < -0.39 is 27.4 Å². The van der Waals surface area contributed by atoms with Crippen molar-refractivity contribution in [3.8, 4) is 0 Å². The maximum atomic E-state index is 13.6. The van der Waals surface area contributed by atoms with E-state index >= 15 is 0 Å². The minimum atomic E-state index is -3.99. The van der Waals surface area contributed by atoms with Gasteiger partial charge in [0.25, 0.3) is 21.8 Å². The molecule has 1 aromatic heterocycles. The standard InChI is InChI=1S/C24H22ClN3O4S/c1-15-7-9-17(10-8-15)33(31,32)26-19-12-11-18(25)20-21(19)23(30)28(22(20)29)24(2,3)16-6-5-13-27(4)14-16/h5-14H,1-4H3/p+1. The number of nitrogens with one attached hydrogen (secondary N) is 1. The van der Waals surface area contributed by atoms with Crippen molar-refractivity contribution in [3.05, 3.63) is 88.2 Å². The number of hydrogen-bond acceptors (Lipinski definition) is 4. The van der Waals surface area contributed by atoms with Gasteiger partial charge in [0, 0.05) is 11.6 Å². The number of hydrogen-bond donors (Lipinski definition) is 1. The number of pyridine rings is 1. The Morgan fingerprint density at radius 3 is 2.24 bits per heavy atom. The highest BCUT2D eigenvalue weighted by Gasteiger charge is 2.48. The van der Waals surface area contributed by atoms with E-state index in [0.29, 0.717) is 0 Å². The molecule has 3 aromatic rings. The van der Waals surface area contributed by atoms with Crippen molar-refractivity contribution < 1.29 is 22.6 Å². The summed E-state index contributed by atoms with van der Waals surface area (Å²) in [5.74, 6) is -1.19. The van der Waals surface area contributed by atoms with Crippen molar-refractivity contribution in [3.63, 3.8) is 0 Å². The van der Waals surface area contributed by atoms with Crippen LogP contribution in [0.5, 0.6) is 0 Å². The third-order valence-corrected chi connectivity index (χ3v) is 7.47. The number of nitrogens with zero attached hydrogens (tertiary/aromatic N) is 2. The molecule has 0 unspecified atom stereocenters. The number of fused-ring (bicyclic) bond motifs is 1. The van der Waals surface area contributed by atoms with Gasteiger partial charge in [0.2, 0.25) is 0 Å². The van der Waals surface area contributed by atoms with E-state index in [4.69, 9.17) is 11.6 Å². The van der Waals surface area contributed by atoms with E-state index in [0.717, 1.165) is 16.0 Å². The molecule has 1 aliphatic heterocycles. The second kappa shape index (κ2) is 7.97. The van der Waals surface area contributed by atoms with Crippen LogP contribution in [0.4, 0.5) is 5.69 Å². The molecule has 4 rings (SSSR count). The average molecular weight is 485 g/mol. The summed E-state index contributed by atoms with van der Waals surface area (Å²) in [4.78, 5) is 28.1. The number of anilines is 1. The van der Waals surface area contributed by atoms with Gasteiger partial charge in [-0.25, -0.2) is 13.0 Å². The summed E-state index contributed by atoms with van der Waals surface area (Å²) in [5.41, 5.74) is 0.568. The maximum Gasteiger partial charge on any atom is 0.264 e. The van der Waals surface area contributed by atoms with E-state index in [1.165, 1.54) is 24.3 Å². The highest BCUT2D eigenvalue weighted by atomic mass is 35.5. The molecule has 0 aliphatic carbocycles. The summed E-state index contributed by atoms with van der Waals surface area (Å²) in [7, 11) is -2.15. The van der Waals surface area contributed by atoms with Crippen LogP contribution in [-0.4, -0.2) is 25.1 Å². The highest BCUT2D eigenvalue weighted by molar-refractivity contribution is 7.92. The maximum absolute atomic E-state index is 13.6. The zero-order chi connectivity index (χ0) is 24.1. The molecule has 1 aliphatic rings. The number of carbonyl (C=O) groups excluding carboxylic acids is 2. The van der Waals surface area contributed by atoms with Crippen LogP contribution >= 0.6 is 11.6 Å². The fourth-order valence-corrected chi connectivity index (χ4v) is 5.23. The average Bonchev–Trinajstić information content (AvgIpc) is 3.02. The summed E-state index contributed by atoms with van der Waals surface area (Å²) in [6, 6.07) is 12.8. The van der Waals surface area contributed by atoms with Crippen LogP contribution in [0.1, 0.15) is 45.7 Å². The van der Waals surface area contributed by atoms with Crippen molar-refractivity contribution in [1.29, 1.82) is 0 Å². The summed E-state index contributed by atoms with van der Waals surface area (Å²) in [6.45, 7) is 5.37. The molecule has 33 heavy (non-hydrogen) atoms. The zero-order valence-electron chi connectivity index (χ0n) is 18.6. The van der Waals surface area contributed by atoms with Crippen molar-refractivity contribution in [2.24, 2.45) is 7.05 Å². The first-order chi connectivity index (χ1) is 15.4. The number of sulfonamides is 1. The van der Waals surface area contributed by atoms with Gasteiger partial charge < -0.3 is 0 Å². The summed E-state index contributed by atoms with van der Waals surface area (Å²) < 4.78 is 30.2. The molecule has 0 fully saturated rings. The predicted octanol–water partition coefficient (Wildman–Crippen LogP) is 3.81. The van der Waals surface area contributed by atoms with Crippen molar-refractivity contribution in [2.75, 3.05) is 4.72 Å². The Labute approximate surface area is 197 Å². The molecule has 0 saturated heterocycles. The van der Waals surface area contributed by atoms with E-state index in [-0.39, 0.29) is 26.7 Å². The van der Waals surface area contributed by atoms with Crippen LogP contribution in [0.2, 0.25) is 5.02 Å². The summed E-state index contributed by atoms with van der Waals surface area (Å²) in [5, 5.41) is 0.0820. The van der Waals surface area contributed by atoms with Gasteiger partial charge in [-0.15, -0.1) is 0 Å². The number of rotatable bonds is 5. The Balaban J connectivity index is 1.79. The number of imide groups is 1. The van der Waals surface area contributed by atoms with Crippen LogP contribution in [0.15, 0.2) is 65.8 Å². The third kappa shape index (κ3) is 3.89. The van der Waals surface area contributed by atoms with Gasteiger partial charge >= 0.3 is 0 Å². The molecule has 0 spiro atoms. The summed E-state index contributed by atoms with van der Waals surface area (Å²) >= 11 is 6.31. The van der Waals surface area contributed by atoms with E-state index in [9.17, 15) is 18.0 Å². The lowest BCUT2D eigenvalue weighted by Gasteiger charge is -2.33. The molecule has 170 valence electrons. The molecule has 0 radical (unpaired) electrons. The lowest BCUT2D eigenvalue weighted by atomic mass is 9.93. The van der Waals surface area contributed by atoms with Crippen LogP contribution in [-0.2, 0) is 22.6 Å². The first-order valence-corrected chi connectivity index (χ1v) is 12.1. The van der Waals surface area contributed by atoms with Crippen molar-refractivity contribution >= 4 is 39.1 Å². The lowest BCUT2D eigenvalue weighted by molar-refractivity contribution is -0.672. The first-order valence-electron chi connectivity index (χ1n) is 10.2. The van der Waals surface area contributed by atoms with Crippen LogP contribution < -0.4 is 9.29 Å². The smallest absolute Gasteiger partial charge is 0.264 e. The topological polar surface area (TPSA) is 87.4 Å². The molecule has 0 atom stereocenters. The van der Waals surface area contributed by atoms with Gasteiger partial charge in [0.1, 0.15) is 7.05 Å². The molecule has 7 nitrogen and oxygen atoms in total. The van der Waals surface area contributed by atoms with Crippen LogP contribution in [0, 0.1) is 6.92 Å². The van der Waals surface area contributed by atoms with Crippen molar-refractivity contribution in [2.45, 2.75) is 31.2 Å². The molecule has 2 aromatic carbocycles. The number of halogens is 1. The third-order valence-electron chi connectivity index (χ3n) is 5.77. The highest BCUT2D eigenvalue weighted by Crippen LogP contribution is 2.41. The molecular formula is C24H23ClN3O4S+. The molecule has 1 N–H and O–H groups in total. The molecule has 2 amide bonds. The molecular weight excluding hydrogens is 462 g/mol. The molecule has 0 bridgehead atoms. The van der Waals surface area contributed by atoms with Crippen LogP contribution in [0.3, 0.4) is 0 Å². The van der Waals surface area contributed by atoms with E-state index in [1.54, 1.807) is 26.0 Å². The van der Waals surface area contributed by atoms with Gasteiger partial charge in [0.05, 0.1) is 32.3 Å². The fraction of sp³-hybridized carbons (Fsp3) is 0.208. The largest absolute Gasteiger partial charge is 0.279 e. The SMILES string of the molecule is Cc1ccc(S(=O)(=O)Nc2ccc(Cl)c3c2C(=O)N(C(C)(C)c2ccc[n+](C)c2)C3=O)cc1. The number of aryl methyl sites for hydroxylation is 2. The van der Waals surface area contributed by atoms with Crippen molar-refractivity contribution in [1.82, 2.24) is 4.90 Å². The van der Waals surface area contributed by atoms with Gasteiger partial charge in [-0.2, -0.15) is 0 Å². The zero-order valence-corrected chi connectivity index (χ0v) is 20.2. The Morgan fingerprint density at radius 1 is 0.970 bits per heavy atom. The number of amides is 2. The first kappa shape index (κ1) is 22.9.